The van der Waals surface area contributed by atoms with Gasteiger partial charge in [0.1, 0.15) is 6.61 Å². The average Bonchev–Trinajstić information content (AvgIpc) is 2.66. The van der Waals surface area contributed by atoms with Crippen LogP contribution in [0, 0.1) is 11.6 Å². The van der Waals surface area contributed by atoms with Gasteiger partial charge in [-0.3, -0.25) is 0 Å². The summed E-state index contributed by atoms with van der Waals surface area (Å²) in [5, 5.41) is 9.28. The van der Waals surface area contributed by atoms with E-state index in [1.165, 1.54) is 0 Å². The summed E-state index contributed by atoms with van der Waals surface area (Å²) in [7, 11) is -4.47. The van der Waals surface area contributed by atoms with E-state index in [-0.39, 0.29) is 6.61 Å². The van der Waals surface area contributed by atoms with Gasteiger partial charge >= 0.3 is 11.9 Å². The van der Waals surface area contributed by atoms with Crippen LogP contribution in [0.25, 0.3) is 0 Å². The fraction of sp³-hybridized carbons (Fsp3) is 0.176. The zero-order valence-electron chi connectivity index (χ0n) is 14.3. The zero-order valence-corrected chi connectivity index (χ0v) is 15.1. The summed E-state index contributed by atoms with van der Waals surface area (Å²) >= 11 is 0. The molecule has 0 fully saturated rings. The topological polar surface area (TPSA) is 136 Å². The molecule has 11 heteroatoms. The third-order valence-electron chi connectivity index (χ3n) is 3.70. The van der Waals surface area contributed by atoms with Crippen molar-refractivity contribution in [3.63, 3.8) is 0 Å². The number of nitrogens with one attached hydrogen (secondary N) is 1. The number of sulfonamides is 1. The van der Waals surface area contributed by atoms with Crippen LogP contribution in [0.4, 0.5) is 8.78 Å². The van der Waals surface area contributed by atoms with Crippen LogP contribution in [0.5, 0.6) is 0 Å². The maximum Gasteiger partial charge on any atom is 0.339 e. The molecule has 0 heterocycles. The van der Waals surface area contributed by atoms with Crippen molar-refractivity contribution in [2.45, 2.75) is 17.0 Å². The zero-order chi connectivity index (χ0) is 20.9. The highest BCUT2D eigenvalue weighted by Gasteiger charge is 2.45. The predicted octanol–water partition coefficient (Wildman–Crippen LogP) is 0.769. The third-order valence-corrected chi connectivity index (χ3v) is 5.10. The molecule has 28 heavy (non-hydrogen) atoms. The van der Waals surface area contributed by atoms with E-state index < -0.39 is 50.6 Å². The molecule has 0 aliphatic carbocycles. The Morgan fingerprint density at radius 2 is 1.75 bits per heavy atom. The molecule has 2 aromatic carbocycles. The Labute approximate surface area is 159 Å². The monoisotopic (exact) mass is 414 g/mol. The molecule has 2 aromatic rings. The summed E-state index contributed by atoms with van der Waals surface area (Å²) < 4.78 is 57.2. The number of hydrogen-bond donors (Lipinski definition) is 3. The first-order valence-corrected chi connectivity index (χ1v) is 9.23. The maximum atomic E-state index is 13.2. The number of rotatable bonds is 8. The largest absolute Gasteiger partial charge is 0.479 e. The number of hydrogen-bond acceptors (Lipinski definition) is 6. The second-order valence-corrected chi connectivity index (χ2v) is 7.51. The first-order valence-electron chi connectivity index (χ1n) is 7.74. The fourth-order valence-corrected chi connectivity index (χ4v) is 3.11. The van der Waals surface area contributed by atoms with E-state index in [4.69, 9.17) is 10.5 Å². The highest BCUT2D eigenvalue weighted by atomic mass is 32.2. The van der Waals surface area contributed by atoms with Gasteiger partial charge in [-0.2, -0.15) is 0 Å². The smallest absolute Gasteiger partial charge is 0.339 e. The Hall–Kier alpha value is -2.89. The van der Waals surface area contributed by atoms with Crippen molar-refractivity contribution in [1.82, 2.24) is 4.72 Å². The molecule has 2 rings (SSSR count). The molecular formula is C17H16F2N2O6S. The molecule has 0 spiro atoms. The SMILES string of the molecule is NC(CNS(=O)(=O)c1ccc(F)c(F)c1)(C(=O)O)C(=O)OCc1ccccc1. The number of carboxylic acid groups (broad SMARTS) is 1. The van der Waals surface area contributed by atoms with Gasteiger partial charge in [0.2, 0.25) is 15.6 Å². The lowest BCUT2D eigenvalue weighted by Gasteiger charge is -2.23. The number of ether oxygens (including phenoxy) is 1. The van der Waals surface area contributed by atoms with Crippen molar-refractivity contribution in [2.24, 2.45) is 5.73 Å². The fourth-order valence-electron chi connectivity index (χ4n) is 2.02. The molecule has 4 N–H and O–H groups in total. The van der Waals surface area contributed by atoms with E-state index in [0.717, 1.165) is 6.07 Å². The number of carbonyl (C=O) groups is 2. The van der Waals surface area contributed by atoms with Gasteiger partial charge in [-0.15, -0.1) is 0 Å². The van der Waals surface area contributed by atoms with E-state index >= 15 is 0 Å². The molecule has 0 amide bonds. The van der Waals surface area contributed by atoms with Crippen LogP contribution >= 0.6 is 0 Å². The van der Waals surface area contributed by atoms with Crippen molar-refractivity contribution in [1.29, 1.82) is 0 Å². The van der Waals surface area contributed by atoms with Crippen LogP contribution in [-0.2, 0) is 31.0 Å². The van der Waals surface area contributed by atoms with Crippen molar-refractivity contribution in [2.75, 3.05) is 6.54 Å². The molecule has 0 aromatic heterocycles. The van der Waals surface area contributed by atoms with Crippen LogP contribution < -0.4 is 10.5 Å². The lowest BCUT2D eigenvalue weighted by molar-refractivity contribution is -0.161. The van der Waals surface area contributed by atoms with Gasteiger partial charge in [0.05, 0.1) is 11.4 Å². The molecule has 0 saturated carbocycles. The van der Waals surface area contributed by atoms with Crippen LogP contribution in [0.15, 0.2) is 53.4 Å². The van der Waals surface area contributed by atoms with Gasteiger partial charge < -0.3 is 15.6 Å². The van der Waals surface area contributed by atoms with Gasteiger partial charge in [-0.05, 0) is 23.8 Å². The number of carboxylic acids is 1. The number of esters is 1. The summed E-state index contributed by atoms with van der Waals surface area (Å²) in [5.41, 5.74) is 3.38. The van der Waals surface area contributed by atoms with Gasteiger partial charge in [-0.1, -0.05) is 30.3 Å². The minimum absolute atomic E-state index is 0.276. The van der Waals surface area contributed by atoms with Gasteiger partial charge in [-0.25, -0.2) is 31.5 Å². The maximum absolute atomic E-state index is 13.2. The summed E-state index contributed by atoms with van der Waals surface area (Å²) in [6.07, 6.45) is 0. The number of halogens is 2. The second kappa shape index (κ2) is 8.42. The molecule has 1 atom stereocenters. The molecule has 0 bridgehead atoms. The molecule has 0 aliphatic heterocycles. The highest BCUT2D eigenvalue weighted by Crippen LogP contribution is 2.15. The van der Waals surface area contributed by atoms with Crippen LogP contribution in [0.3, 0.4) is 0 Å². The Morgan fingerprint density at radius 1 is 1.11 bits per heavy atom. The Balaban J connectivity index is 2.13. The lowest BCUT2D eigenvalue weighted by atomic mass is 10.0. The van der Waals surface area contributed by atoms with Crippen LogP contribution in [-0.4, -0.2) is 37.5 Å². The van der Waals surface area contributed by atoms with Crippen molar-refractivity contribution in [3.05, 3.63) is 65.7 Å². The summed E-state index contributed by atoms with van der Waals surface area (Å²) in [5.74, 6) is -5.89. The molecule has 1 unspecified atom stereocenters. The number of carbonyl (C=O) groups excluding carboxylic acids is 1. The van der Waals surface area contributed by atoms with E-state index in [1.54, 1.807) is 35.1 Å². The summed E-state index contributed by atoms with van der Waals surface area (Å²) in [4.78, 5) is 22.9. The van der Waals surface area contributed by atoms with Gasteiger partial charge in [0.25, 0.3) is 0 Å². The van der Waals surface area contributed by atoms with Crippen LogP contribution in [0.1, 0.15) is 5.56 Å². The number of nitrogens with two attached hydrogens (primary N) is 1. The standard InChI is InChI=1S/C17H16F2N2O6S/c18-13-7-6-12(8-14(13)19)28(25,26)21-10-17(20,15(22)23)16(24)27-9-11-4-2-1-3-5-11/h1-8,21H,9-10,20H2,(H,22,23). The summed E-state index contributed by atoms with van der Waals surface area (Å²) in [6.45, 7) is -1.35. The Kier molecular flexibility index (Phi) is 6.44. The van der Waals surface area contributed by atoms with Crippen molar-refractivity contribution >= 4 is 22.0 Å². The van der Waals surface area contributed by atoms with Crippen molar-refractivity contribution in [3.8, 4) is 0 Å². The number of benzene rings is 2. The van der Waals surface area contributed by atoms with E-state index in [1.807, 2.05) is 0 Å². The van der Waals surface area contributed by atoms with Crippen molar-refractivity contribution < 1.29 is 36.6 Å². The third kappa shape index (κ3) is 4.88. The number of aliphatic carboxylic acids is 1. The molecule has 8 nitrogen and oxygen atoms in total. The molecular weight excluding hydrogens is 398 g/mol. The quantitative estimate of drug-likeness (QED) is 0.429. The van der Waals surface area contributed by atoms with Gasteiger partial charge in [0.15, 0.2) is 11.6 Å². The normalized spacial score (nSPS) is 13.5. The van der Waals surface area contributed by atoms with Gasteiger partial charge in [0, 0.05) is 0 Å². The molecule has 150 valence electrons. The lowest BCUT2D eigenvalue weighted by Crippen LogP contribution is -2.62. The van der Waals surface area contributed by atoms with E-state index in [2.05, 4.69) is 0 Å². The first kappa shape index (κ1) is 21.4. The summed E-state index contributed by atoms with van der Waals surface area (Å²) in [6, 6.07) is 10.1. The molecule has 0 aliphatic rings. The highest BCUT2D eigenvalue weighted by molar-refractivity contribution is 7.89. The molecule has 0 saturated heterocycles. The van der Waals surface area contributed by atoms with Crippen LogP contribution in [0.2, 0.25) is 0 Å². The van der Waals surface area contributed by atoms with E-state index in [0.29, 0.717) is 17.7 Å². The second-order valence-electron chi connectivity index (χ2n) is 5.74. The minimum Gasteiger partial charge on any atom is -0.479 e. The Bertz CT molecular complexity index is 984. The van der Waals surface area contributed by atoms with E-state index in [9.17, 15) is 31.9 Å². The Morgan fingerprint density at radius 3 is 2.32 bits per heavy atom. The first-order chi connectivity index (χ1) is 13.1. The minimum atomic E-state index is -4.47. The predicted molar refractivity (Wildman–Crippen MR) is 92.3 cm³/mol. The molecule has 0 radical (unpaired) electrons. The average molecular weight is 414 g/mol.